The summed E-state index contributed by atoms with van der Waals surface area (Å²) in [5, 5.41) is 17.3. The normalized spacial score (nSPS) is 20.3. The van der Waals surface area contributed by atoms with Crippen LogP contribution in [0, 0.1) is 5.41 Å². The third-order valence-electron chi connectivity index (χ3n) is 4.60. The molecule has 1 fully saturated rings. The molecular weight excluding hydrogens is 358 g/mol. The maximum Gasteiger partial charge on any atom is 0.313 e. The fraction of sp³-hybridized carbons (Fsp3) is 0.529. The minimum Gasteiger partial charge on any atom is -0.481 e. The van der Waals surface area contributed by atoms with Crippen molar-refractivity contribution >= 4 is 23.2 Å². The van der Waals surface area contributed by atoms with Crippen molar-refractivity contribution in [3.05, 3.63) is 22.7 Å². The second-order valence-corrected chi connectivity index (χ2v) is 7.24. The molecule has 3 heterocycles. The zero-order chi connectivity index (χ0) is 18.6. The topological polar surface area (TPSA) is 106 Å². The second-order valence-electron chi connectivity index (χ2n) is 6.46. The van der Waals surface area contributed by atoms with Gasteiger partial charge in [-0.3, -0.25) is 9.59 Å². The quantitative estimate of drug-likeness (QED) is 0.785. The molecule has 1 unspecified atom stereocenters. The molecule has 0 saturated carbocycles. The highest BCUT2D eigenvalue weighted by molar-refractivity contribution is 7.08. The summed E-state index contributed by atoms with van der Waals surface area (Å²) in [5.74, 6) is -0.120. The first-order chi connectivity index (χ1) is 12.5. The van der Waals surface area contributed by atoms with Gasteiger partial charge in [0.2, 0.25) is 17.6 Å². The molecule has 0 aromatic carbocycles. The molecule has 2 aromatic heterocycles. The SMILES string of the molecule is COCC1(C(=O)O)CCCN(C(=O)CCc2nc(-c3ccsc3)no2)C1. The Bertz CT molecular complexity index is 756. The van der Waals surface area contributed by atoms with Crippen molar-refractivity contribution in [2.45, 2.75) is 25.7 Å². The van der Waals surface area contributed by atoms with Crippen LogP contribution in [-0.4, -0.2) is 58.8 Å². The number of aromatic nitrogens is 2. The first-order valence-corrected chi connectivity index (χ1v) is 9.34. The molecule has 26 heavy (non-hydrogen) atoms. The Hall–Kier alpha value is -2.26. The molecule has 1 aliphatic heterocycles. The summed E-state index contributed by atoms with van der Waals surface area (Å²) >= 11 is 1.55. The highest BCUT2D eigenvalue weighted by atomic mass is 32.1. The molecule has 1 saturated heterocycles. The van der Waals surface area contributed by atoms with Crippen molar-refractivity contribution in [1.82, 2.24) is 15.0 Å². The summed E-state index contributed by atoms with van der Waals surface area (Å²) in [6.45, 7) is 0.820. The van der Waals surface area contributed by atoms with E-state index in [1.807, 2.05) is 16.8 Å². The molecule has 0 spiro atoms. The number of thiophene rings is 1. The first-order valence-electron chi connectivity index (χ1n) is 8.39. The lowest BCUT2D eigenvalue weighted by molar-refractivity contribution is -0.159. The summed E-state index contributed by atoms with van der Waals surface area (Å²) in [5.41, 5.74) is -0.141. The molecule has 2 aromatic rings. The molecule has 8 nitrogen and oxygen atoms in total. The number of carboxylic acid groups (broad SMARTS) is 1. The van der Waals surface area contributed by atoms with Gasteiger partial charge in [-0.15, -0.1) is 0 Å². The predicted octanol–water partition coefficient (Wildman–Crippen LogP) is 2.07. The van der Waals surface area contributed by atoms with E-state index in [2.05, 4.69) is 10.1 Å². The second kappa shape index (κ2) is 7.96. The van der Waals surface area contributed by atoms with Crippen LogP contribution in [0.15, 0.2) is 21.3 Å². The molecule has 0 aliphatic carbocycles. The number of hydrogen-bond acceptors (Lipinski definition) is 7. The fourth-order valence-electron chi connectivity index (χ4n) is 3.21. The van der Waals surface area contributed by atoms with Crippen molar-refractivity contribution in [3.63, 3.8) is 0 Å². The van der Waals surface area contributed by atoms with Crippen LogP contribution in [0.1, 0.15) is 25.2 Å². The van der Waals surface area contributed by atoms with E-state index in [4.69, 9.17) is 9.26 Å². The van der Waals surface area contributed by atoms with Crippen molar-refractivity contribution < 1.29 is 24.0 Å². The number of ether oxygens (including phenoxy) is 1. The summed E-state index contributed by atoms with van der Waals surface area (Å²) in [6, 6.07) is 1.90. The van der Waals surface area contributed by atoms with Crippen LogP contribution in [0.5, 0.6) is 0 Å². The van der Waals surface area contributed by atoms with E-state index < -0.39 is 11.4 Å². The maximum absolute atomic E-state index is 12.5. The third kappa shape index (κ3) is 3.94. The van der Waals surface area contributed by atoms with E-state index >= 15 is 0 Å². The summed E-state index contributed by atoms with van der Waals surface area (Å²) in [7, 11) is 1.48. The van der Waals surface area contributed by atoms with Crippen LogP contribution < -0.4 is 0 Å². The number of nitrogens with zero attached hydrogens (tertiary/aromatic N) is 3. The van der Waals surface area contributed by atoms with E-state index in [0.29, 0.717) is 37.5 Å². The average molecular weight is 379 g/mol. The smallest absolute Gasteiger partial charge is 0.313 e. The van der Waals surface area contributed by atoms with Gasteiger partial charge in [0.05, 0.1) is 6.61 Å². The molecule has 1 atom stereocenters. The third-order valence-corrected chi connectivity index (χ3v) is 5.29. The standard InChI is InChI=1S/C17H21N3O5S/c1-24-11-17(16(22)23)6-2-7-20(10-17)14(21)4-3-13-18-15(19-25-13)12-5-8-26-9-12/h5,8-9H,2-4,6-7,10-11H2,1H3,(H,22,23). The van der Waals surface area contributed by atoms with Crippen molar-refractivity contribution in [2.75, 3.05) is 26.8 Å². The van der Waals surface area contributed by atoms with Gasteiger partial charge in [-0.2, -0.15) is 16.3 Å². The van der Waals surface area contributed by atoms with E-state index in [-0.39, 0.29) is 25.5 Å². The van der Waals surface area contributed by atoms with Gasteiger partial charge in [0, 0.05) is 44.0 Å². The molecule has 0 bridgehead atoms. The van der Waals surface area contributed by atoms with Crippen molar-refractivity contribution in [3.8, 4) is 11.4 Å². The minimum absolute atomic E-state index is 0.0970. The number of aliphatic carboxylic acids is 1. The number of amides is 1. The van der Waals surface area contributed by atoms with Gasteiger partial charge in [-0.05, 0) is 24.3 Å². The van der Waals surface area contributed by atoms with Crippen LogP contribution >= 0.6 is 11.3 Å². The van der Waals surface area contributed by atoms with Crippen LogP contribution in [0.4, 0.5) is 0 Å². The largest absolute Gasteiger partial charge is 0.481 e. The Balaban J connectivity index is 1.58. The number of carboxylic acids is 1. The van der Waals surface area contributed by atoms with E-state index in [1.54, 1.807) is 16.2 Å². The summed E-state index contributed by atoms with van der Waals surface area (Å²) in [4.78, 5) is 30.1. The predicted molar refractivity (Wildman–Crippen MR) is 93.7 cm³/mol. The van der Waals surface area contributed by atoms with Gasteiger partial charge < -0.3 is 19.3 Å². The molecule has 1 aliphatic rings. The van der Waals surface area contributed by atoms with Crippen LogP contribution in [0.3, 0.4) is 0 Å². The monoisotopic (exact) mass is 379 g/mol. The number of likely N-dealkylation sites (tertiary alicyclic amines) is 1. The lowest BCUT2D eigenvalue weighted by Crippen LogP contribution is -2.52. The maximum atomic E-state index is 12.5. The van der Waals surface area contributed by atoms with Crippen LogP contribution in [-0.2, 0) is 20.7 Å². The average Bonchev–Trinajstić information content (AvgIpc) is 3.31. The molecule has 0 radical (unpaired) electrons. The lowest BCUT2D eigenvalue weighted by atomic mass is 9.80. The Kier molecular flexibility index (Phi) is 5.67. The van der Waals surface area contributed by atoms with Gasteiger partial charge in [-0.25, -0.2) is 0 Å². The summed E-state index contributed by atoms with van der Waals surface area (Å²) in [6.07, 6.45) is 1.68. The lowest BCUT2D eigenvalue weighted by Gasteiger charge is -2.39. The van der Waals surface area contributed by atoms with Crippen molar-refractivity contribution in [1.29, 1.82) is 0 Å². The molecule has 3 rings (SSSR count). The Morgan fingerprint density at radius 3 is 3.04 bits per heavy atom. The Morgan fingerprint density at radius 1 is 1.50 bits per heavy atom. The number of rotatable bonds is 7. The van der Waals surface area contributed by atoms with E-state index in [1.165, 1.54) is 7.11 Å². The van der Waals surface area contributed by atoms with Gasteiger partial charge in [0.25, 0.3) is 0 Å². The summed E-state index contributed by atoms with van der Waals surface area (Å²) < 4.78 is 10.3. The Labute approximate surface area is 154 Å². The number of hydrogen-bond donors (Lipinski definition) is 1. The highest BCUT2D eigenvalue weighted by Gasteiger charge is 2.43. The Morgan fingerprint density at radius 2 is 2.35 bits per heavy atom. The molecule has 9 heteroatoms. The fourth-order valence-corrected chi connectivity index (χ4v) is 3.85. The molecular formula is C17H21N3O5S. The van der Waals surface area contributed by atoms with Crippen LogP contribution in [0.25, 0.3) is 11.4 Å². The molecule has 1 amide bonds. The molecule has 1 N–H and O–H groups in total. The highest BCUT2D eigenvalue weighted by Crippen LogP contribution is 2.31. The zero-order valence-corrected chi connectivity index (χ0v) is 15.3. The number of piperidine rings is 1. The van der Waals surface area contributed by atoms with Gasteiger partial charge in [0.15, 0.2) is 0 Å². The van der Waals surface area contributed by atoms with Crippen molar-refractivity contribution in [2.24, 2.45) is 5.41 Å². The van der Waals surface area contributed by atoms with E-state index in [0.717, 1.165) is 5.56 Å². The number of aryl methyl sites for hydroxylation is 1. The van der Waals surface area contributed by atoms with Crippen LogP contribution in [0.2, 0.25) is 0 Å². The number of carbonyl (C=O) groups is 2. The van der Waals surface area contributed by atoms with E-state index in [9.17, 15) is 14.7 Å². The molecule has 140 valence electrons. The first kappa shape index (κ1) is 18.5. The van der Waals surface area contributed by atoms with Gasteiger partial charge in [-0.1, -0.05) is 5.16 Å². The number of carbonyl (C=O) groups excluding carboxylic acids is 1. The minimum atomic E-state index is -1.03. The number of methoxy groups -OCH3 is 1. The zero-order valence-electron chi connectivity index (χ0n) is 14.5. The van der Waals surface area contributed by atoms with Gasteiger partial charge in [0.1, 0.15) is 5.41 Å². The van der Waals surface area contributed by atoms with Gasteiger partial charge >= 0.3 is 5.97 Å².